The van der Waals surface area contributed by atoms with E-state index in [1.807, 2.05) is 0 Å². The van der Waals surface area contributed by atoms with Crippen molar-refractivity contribution in [2.45, 2.75) is 58.0 Å². The first-order chi connectivity index (χ1) is 16.5. The van der Waals surface area contributed by atoms with Crippen molar-refractivity contribution in [3.8, 4) is 0 Å². The first-order valence-corrected chi connectivity index (χ1v) is 14.0. The number of hydrogen-bond donors (Lipinski definition) is 0. The van der Waals surface area contributed by atoms with Crippen LogP contribution < -0.4 is 10.6 Å². The quantitative estimate of drug-likeness (QED) is 0.283. The van der Waals surface area contributed by atoms with E-state index in [4.69, 9.17) is 0 Å². The van der Waals surface area contributed by atoms with E-state index in [1.54, 1.807) is 32.9 Å². The summed E-state index contributed by atoms with van der Waals surface area (Å²) in [6, 6.07) is 33.2. The van der Waals surface area contributed by atoms with Crippen LogP contribution in [-0.2, 0) is 18.3 Å². The van der Waals surface area contributed by atoms with Crippen LogP contribution in [0.15, 0.2) is 84.9 Å². The van der Waals surface area contributed by atoms with Crippen LogP contribution in [0.3, 0.4) is 0 Å². The Hall–Kier alpha value is -2.69. The maximum absolute atomic E-state index is 2.48. The van der Waals surface area contributed by atoms with Gasteiger partial charge in [-0.1, -0.05) is 107 Å². The molecule has 2 aliphatic rings. The molecule has 0 N–H and O–H groups in total. The van der Waals surface area contributed by atoms with E-state index in [1.165, 1.54) is 35.1 Å². The summed E-state index contributed by atoms with van der Waals surface area (Å²) in [4.78, 5) is 0. The van der Waals surface area contributed by atoms with Gasteiger partial charge in [-0.05, 0) is 87.7 Å². The van der Waals surface area contributed by atoms with E-state index >= 15 is 0 Å². The van der Waals surface area contributed by atoms with Crippen molar-refractivity contribution in [1.82, 2.24) is 0 Å². The molecule has 4 aromatic carbocycles. The third kappa shape index (κ3) is 3.38. The minimum absolute atomic E-state index is 0.105. The van der Waals surface area contributed by atoms with E-state index in [-0.39, 0.29) is 5.41 Å². The van der Waals surface area contributed by atoms with Crippen LogP contribution in [0.4, 0.5) is 0 Å². The lowest BCUT2D eigenvalue weighted by atomic mass is 9.76. The van der Waals surface area contributed by atoms with Crippen molar-refractivity contribution in [2.75, 3.05) is 0 Å². The van der Waals surface area contributed by atoms with Gasteiger partial charge < -0.3 is 0 Å². The number of fused-ring (bicyclic) bond motifs is 4. The highest BCUT2D eigenvalue weighted by Gasteiger charge is 2.54. The third-order valence-corrected chi connectivity index (χ3v) is 10.9. The molecule has 6 rings (SSSR count). The molecule has 2 atom stereocenters. The molecule has 0 fully saturated rings. The summed E-state index contributed by atoms with van der Waals surface area (Å²) in [5, 5.41) is 3.08. The van der Waals surface area contributed by atoms with E-state index in [0.29, 0.717) is 5.66 Å². The van der Waals surface area contributed by atoms with Crippen LogP contribution in [0.25, 0.3) is 0 Å². The molecular weight excluding hydrogens is 427 g/mol. The molecule has 0 bridgehead atoms. The Morgan fingerprint density at radius 3 is 1.65 bits per heavy atom. The lowest BCUT2D eigenvalue weighted by Gasteiger charge is -2.40. The lowest BCUT2D eigenvalue weighted by molar-refractivity contribution is 0.517. The van der Waals surface area contributed by atoms with Gasteiger partial charge in [0.1, 0.15) is 0 Å². The Morgan fingerprint density at radius 1 is 0.618 bits per heavy atom. The molecule has 1 heteroatoms. The van der Waals surface area contributed by atoms with E-state index in [9.17, 15) is 0 Å². The van der Waals surface area contributed by atoms with Gasteiger partial charge in [-0.25, -0.2) is 0 Å². The van der Waals surface area contributed by atoms with Crippen molar-refractivity contribution in [1.29, 1.82) is 0 Å². The third-order valence-electron chi connectivity index (χ3n) is 8.05. The summed E-state index contributed by atoms with van der Waals surface area (Å²) >= 11 is 0. The summed E-state index contributed by atoms with van der Waals surface area (Å²) in [5.41, 5.74) is 12.5. The molecule has 170 valence electrons. The molecule has 0 aromatic heterocycles. The molecule has 0 saturated carbocycles. The van der Waals surface area contributed by atoms with Crippen molar-refractivity contribution >= 4 is 18.5 Å². The minimum Gasteiger partial charge on any atom is -0.0620 e. The standard InChI is InChI=1S/C33H33P/c1-22-15-23(2)18-28(17-22)34(29-19-24(3)16-25(4)20-29)32-21-27-10-6-8-12-31(27)33(32)14-13-26-9-5-7-11-30(26)33/h5-12,15-20,32H,13-14,21H2,1-4H3. The summed E-state index contributed by atoms with van der Waals surface area (Å²) in [7, 11) is -0.547. The topological polar surface area (TPSA) is 0 Å². The molecular formula is C33H33P. The number of rotatable bonds is 3. The van der Waals surface area contributed by atoms with Gasteiger partial charge >= 0.3 is 0 Å². The second kappa shape index (κ2) is 8.21. The Bertz CT molecular complexity index is 1290. The van der Waals surface area contributed by atoms with Crippen molar-refractivity contribution in [2.24, 2.45) is 0 Å². The normalized spacial score (nSPS) is 20.7. The van der Waals surface area contributed by atoms with Crippen LogP contribution in [0.5, 0.6) is 0 Å². The second-order valence-electron chi connectivity index (χ2n) is 10.6. The monoisotopic (exact) mass is 460 g/mol. The van der Waals surface area contributed by atoms with Gasteiger partial charge in [0.2, 0.25) is 0 Å². The summed E-state index contributed by atoms with van der Waals surface area (Å²) in [6.07, 6.45) is 3.57. The van der Waals surface area contributed by atoms with E-state index < -0.39 is 7.92 Å². The van der Waals surface area contributed by atoms with Gasteiger partial charge in [-0.15, -0.1) is 0 Å². The molecule has 0 radical (unpaired) electrons. The van der Waals surface area contributed by atoms with Gasteiger partial charge in [-0.2, -0.15) is 0 Å². The summed E-state index contributed by atoms with van der Waals surface area (Å²) in [5.74, 6) is 0. The molecule has 0 amide bonds. The second-order valence-corrected chi connectivity index (χ2v) is 13.0. The van der Waals surface area contributed by atoms with Gasteiger partial charge in [0.25, 0.3) is 0 Å². The Balaban J connectivity index is 1.64. The highest BCUT2D eigenvalue weighted by Crippen LogP contribution is 2.62. The van der Waals surface area contributed by atoms with Crippen molar-refractivity contribution in [3.63, 3.8) is 0 Å². The maximum Gasteiger partial charge on any atom is 0.0288 e. The Labute approximate surface area is 205 Å². The molecule has 1 spiro atoms. The smallest absolute Gasteiger partial charge is 0.0288 e. The van der Waals surface area contributed by atoms with Crippen LogP contribution >= 0.6 is 7.92 Å². The average molecular weight is 461 g/mol. The molecule has 0 saturated heterocycles. The molecule has 2 aliphatic carbocycles. The molecule has 2 unspecified atom stereocenters. The Morgan fingerprint density at radius 2 is 1.09 bits per heavy atom. The predicted molar refractivity (Wildman–Crippen MR) is 147 cm³/mol. The highest BCUT2D eigenvalue weighted by molar-refractivity contribution is 7.73. The zero-order chi connectivity index (χ0) is 23.4. The average Bonchev–Trinajstić information content (AvgIpc) is 3.33. The number of benzene rings is 4. The molecule has 34 heavy (non-hydrogen) atoms. The van der Waals surface area contributed by atoms with Gasteiger partial charge in [-0.3, -0.25) is 0 Å². The van der Waals surface area contributed by atoms with Crippen molar-refractivity contribution < 1.29 is 0 Å². The first-order valence-electron chi connectivity index (χ1n) is 12.6. The number of hydrogen-bond acceptors (Lipinski definition) is 0. The summed E-state index contributed by atoms with van der Waals surface area (Å²) < 4.78 is 0. The fraction of sp³-hybridized carbons (Fsp3) is 0.273. The molecule has 0 aliphatic heterocycles. The van der Waals surface area contributed by atoms with Crippen LogP contribution in [-0.4, -0.2) is 5.66 Å². The Kier molecular flexibility index (Phi) is 5.27. The van der Waals surface area contributed by atoms with Gasteiger partial charge in [0, 0.05) is 11.1 Å². The van der Waals surface area contributed by atoms with Gasteiger partial charge in [0.05, 0.1) is 0 Å². The zero-order valence-electron chi connectivity index (χ0n) is 20.7. The summed E-state index contributed by atoms with van der Waals surface area (Å²) in [6.45, 7) is 9.04. The molecule has 0 nitrogen and oxygen atoms in total. The van der Waals surface area contributed by atoms with E-state index in [0.717, 1.165) is 6.42 Å². The van der Waals surface area contributed by atoms with Crippen LogP contribution in [0.1, 0.15) is 50.9 Å². The van der Waals surface area contributed by atoms with Crippen molar-refractivity contribution in [3.05, 3.63) is 129 Å². The largest absolute Gasteiger partial charge is 0.0620 e. The number of aryl methyl sites for hydroxylation is 5. The fourth-order valence-corrected chi connectivity index (χ4v) is 10.6. The van der Waals surface area contributed by atoms with E-state index in [2.05, 4.69) is 113 Å². The van der Waals surface area contributed by atoms with Gasteiger partial charge in [0.15, 0.2) is 0 Å². The fourth-order valence-electron chi connectivity index (χ4n) is 6.96. The highest BCUT2D eigenvalue weighted by atomic mass is 31.1. The SMILES string of the molecule is Cc1cc(C)cc(P(c2cc(C)cc(C)c2)C2Cc3ccccc3C23CCc2ccccc23)c1. The van der Waals surface area contributed by atoms with Crippen LogP contribution in [0, 0.1) is 27.7 Å². The predicted octanol–water partition coefficient (Wildman–Crippen LogP) is 7.21. The maximum atomic E-state index is 2.48. The lowest BCUT2D eigenvalue weighted by Crippen LogP contribution is -2.38. The molecule has 4 aromatic rings. The first kappa shape index (κ1) is 21.8. The zero-order valence-corrected chi connectivity index (χ0v) is 21.6. The minimum atomic E-state index is -0.547. The van der Waals surface area contributed by atoms with Crippen LogP contribution in [0.2, 0.25) is 0 Å². The molecule has 0 heterocycles.